The molecule has 0 unspecified atom stereocenters. The number of hydrogen-bond acceptors (Lipinski definition) is 3. The van der Waals surface area contributed by atoms with Crippen LogP contribution >= 0.6 is 0 Å². The first-order valence-electron chi connectivity index (χ1n) is 9.61. The minimum Gasteiger partial charge on any atom is -0.490 e. The minimum absolute atomic E-state index is 0.0358. The molecule has 0 atom stereocenters. The normalized spacial score (nSPS) is 12.1. The van der Waals surface area contributed by atoms with Gasteiger partial charge in [0.2, 0.25) is 0 Å². The van der Waals surface area contributed by atoms with Crippen molar-refractivity contribution in [3.05, 3.63) is 29.3 Å². The molecule has 0 amide bonds. The molecule has 0 heterocycles. The van der Waals surface area contributed by atoms with Crippen LogP contribution in [0.1, 0.15) is 85.3 Å². The number of benzene rings is 1. The van der Waals surface area contributed by atoms with E-state index in [1.54, 1.807) is 0 Å². The summed E-state index contributed by atoms with van der Waals surface area (Å²) >= 11 is 0. The zero-order chi connectivity index (χ0) is 19.1. The predicted molar refractivity (Wildman–Crippen MR) is 104 cm³/mol. The van der Waals surface area contributed by atoms with Crippen LogP contribution in [0.3, 0.4) is 0 Å². The van der Waals surface area contributed by atoms with Crippen molar-refractivity contribution in [2.45, 2.75) is 85.0 Å². The van der Waals surface area contributed by atoms with Gasteiger partial charge in [-0.1, -0.05) is 60.6 Å². The van der Waals surface area contributed by atoms with E-state index in [0.29, 0.717) is 19.6 Å². The smallest absolute Gasteiger partial charge is 0.305 e. The van der Waals surface area contributed by atoms with E-state index in [-0.39, 0.29) is 16.8 Å². The molecule has 3 nitrogen and oxygen atoms in total. The summed E-state index contributed by atoms with van der Waals surface area (Å²) in [5.41, 5.74) is 2.75. The molecule has 142 valence electrons. The summed E-state index contributed by atoms with van der Waals surface area (Å²) in [5, 5.41) is 0. The number of hydrogen-bond donors (Lipinski definition) is 0. The molecule has 0 fully saturated rings. The SMILES string of the molecule is CCCC(=O)OCCOc1ccc(C(C)(C)CC)cc1C(C)(C)CC. The van der Waals surface area contributed by atoms with Gasteiger partial charge in [0.25, 0.3) is 0 Å². The van der Waals surface area contributed by atoms with Crippen LogP contribution in [-0.4, -0.2) is 19.2 Å². The monoisotopic (exact) mass is 348 g/mol. The molecule has 3 heteroatoms. The van der Waals surface area contributed by atoms with Crippen LogP contribution < -0.4 is 4.74 Å². The van der Waals surface area contributed by atoms with Crippen molar-refractivity contribution >= 4 is 5.97 Å². The lowest BCUT2D eigenvalue weighted by Gasteiger charge is -2.30. The second-order valence-electron chi connectivity index (χ2n) is 8.00. The van der Waals surface area contributed by atoms with E-state index >= 15 is 0 Å². The van der Waals surface area contributed by atoms with Crippen LogP contribution in [0.15, 0.2) is 18.2 Å². The number of carbonyl (C=O) groups is 1. The first-order chi connectivity index (χ1) is 11.7. The van der Waals surface area contributed by atoms with Crippen LogP contribution in [0.25, 0.3) is 0 Å². The molecule has 0 bridgehead atoms. The van der Waals surface area contributed by atoms with Gasteiger partial charge in [0.1, 0.15) is 19.0 Å². The quantitative estimate of drug-likeness (QED) is 0.397. The number of rotatable bonds is 10. The summed E-state index contributed by atoms with van der Waals surface area (Å²) < 4.78 is 11.2. The highest BCUT2D eigenvalue weighted by atomic mass is 16.6. The summed E-state index contributed by atoms with van der Waals surface area (Å²) in [4.78, 5) is 11.4. The fourth-order valence-electron chi connectivity index (χ4n) is 2.58. The zero-order valence-corrected chi connectivity index (χ0v) is 17.2. The molecule has 0 saturated carbocycles. The average Bonchev–Trinajstić information content (AvgIpc) is 2.58. The van der Waals surface area contributed by atoms with Gasteiger partial charge in [0, 0.05) is 12.0 Å². The topological polar surface area (TPSA) is 35.5 Å². The van der Waals surface area contributed by atoms with Gasteiger partial charge in [0.05, 0.1) is 0 Å². The standard InChI is InChI=1S/C22H36O3/c1-8-11-20(23)25-15-14-24-19-13-12-17(21(4,5)9-2)16-18(19)22(6,7)10-3/h12-13,16H,8-11,14-15H2,1-7H3. The Morgan fingerprint density at radius 3 is 2.16 bits per heavy atom. The van der Waals surface area contributed by atoms with E-state index in [1.165, 1.54) is 11.1 Å². The Bertz CT molecular complexity index is 558. The summed E-state index contributed by atoms with van der Waals surface area (Å²) in [5.74, 6) is 0.745. The molecule has 0 N–H and O–H groups in total. The molecule has 1 aromatic rings. The molecule has 0 aliphatic heterocycles. The summed E-state index contributed by atoms with van der Waals surface area (Å²) in [6, 6.07) is 6.54. The van der Waals surface area contributed by atoms with Gasteiger partial charge in [-0.25, -0.2) is 0 Å². The third kappa shape index (κ3) is 6.05. The van der Waals surface area contributed by atoms with E-state index in [9.17, 15) is 4.79 Å². The van der Waals surface area contributed by atoms with Crippen LogP contribution in [-0.2, 0) is 20.4 Å². The molecule has 0 spiro atoms. The summed E-state index contributed by atoms with van der Waals surface area (Å²) in [7, 11) is 0. The predicted octanol–water partition coefficient (Wildman–Crippen LogP) is 5.78. The molecular formula is C22H36O3. The van der Waals surface area contributed by atoms with Crippen molar-refractivity contribution < 1.29 is 14.3 Å². The molecule has 0 radical (unpaired) electrons. The molecule has 0 aliphatic carbocycles. The molecule has 1 aromatic carbocycles. The zero-order valence-electron chi connectivity index (χ0n) is 17.2. The first kappa shape index (κ1) is 21.5. The molecule has 0 aliphatic rings. The van der Waals surface area contributed by atoms with Crippen molar-refractivity contribution in [2.24, 2.45) is 0 Å². The Labute approximate surface area is 154 Å². The molecular weight excluding hydrogens is 312 g/mol. The Kier molecular flexibility index (Phi) is 7.98. The first-order valence-corrected chi connectivity index (χ1v) is 9.61. The van der Waals surface area contributed by atoms with Gasteiger partial charge in [-0.3, -0.25) is 4.79 Å². The maximum Gasteiger partial charge on any atom is 0.305 e. The van der Waals surface area contributed by atoms with Crippen LogP contribution in [0.2, 0.25) is 0 Å². The lowest BCUT2D eigenvalue weighted by atomic mass is 9.76. The Morgan fingerprint density at radius 1 is 0.960 bits per heavy atom. The Morgan fingerprint density at radius 2 is 1.60 bits per heavy atom. The average molecular weight is 349 g/mol. The number of carbonyl (C=O) groups excluding carboxylic acids is 1. The fourth-order valence-corrected chi connectivity index (χ4v) is 2.58. The van der Waals surface area contributed by atoms with Crippen LogP contribution in [0, 0.1) is 0 Å². The highest BCUT2D eigenvalue weighted by Crippen LogP contribution is 2.38. The van der Waals surface area contributed by atoms with E-state index in [4.69, 9.17) is 9.47 Å². The molecule has 1 rings (SSSR count). The fraction of sp³-hybridized carbons (Fsp3) is 0.682. The second-order valence-corrected chi connectivity index (χ2v) is 8.00. The third-order valence-corrected chi connectivity index (χ3v) is 5.32. The maximum atomic E-state index is 11.4. The van der Waals surface area contributed by atoms with Crippen molar-refractivity contribution in [1.29, 1.82) is 0 Å². The Hall–Kier alpha value is -1.51. The molecule has 25 heavy (non-hydrogen) atoms. The second kappa shape index (κ2) is 9.26. The molecule has 0 aromatic heterocycles. The number of ether oxygens (including phenoxy) is 2. The molecule has 0 saturated heterocycles. The van der Waals surface area contributed by atoms with Crippen molar-refractivity contribution in [3.63, 3.8) is 0 Å². The van der Waals surface area contributed by atoms with Crippen molar-refractivity contribution in [3.8, 4) is 5.75 Å². The van der Waals surface area contributed by atoms with E-state index in [2.05, 4.69) is 59.7 Å². The highest BCUT2D eigenvalue weighted by Gasteiger charge is 2.26. The van der Waals surface area contributed by atoms with Gasteiger partial charge in [-0.05, 0) is 41.7 Å². The highest BCUT2D eigenvalue weighted by molar-refractivity contribution is 5.69. The lowest BCUT2D eigenvalue weighted by molar-refractivity contribution is -0.144. The van der Waals surface area contributed by atoms with E-state index < -0.39 is 0 Å². The number of esters is 1. The summed E-state index contributed by atoms with van der Waals surface area (Å²) in [6.07, 6.45) is 3.40. The van der Waals surface area contributed by atoms with Gasteiger partial charge >= 0.3 is 5.97 Å². The maximum absolute atomic E-state index is 11.4. The van der Waals surface area contributed by atoms with Gasteiger partial charge in [-0.15, -0.1) is 0 Å². The minimum atomic E-state index is -0.153. The van der Waals surface area contributed by atoms with Crippen LogP contribution in [0.4, 0.5) is 0 Å². The van der Waals surface area contributed by atoms with Crippen molar-refractivity contribution in [2.75, 3.05) is 13.2 Å². The van der Waals surface area contributed by atoms with E-state index in [0.717, 1.165) is 25.0 Å². The van der Waals surface area contributed by atoms with E-state index in [1.807, 2.05) is 6.92 Å². The van der Waals surface area contributed by atoms with Crippen molar-refractivity contribution in [1.82, 2.24) is 0 Å². The largest absolute Gasteiger partial charge is 0.490 e. The summed E-state index contributed by atoms with van der Waals surface area (Å²) in [6.45, 7) is 16.1. The van der Waals surface area contributed by atoms with Gasteiger partial charge in [-0.2, -0.15) is 0 Å². The lowest BCUT2D eigenvalue weighted by Crippen LogP contribution is -2.22. The van der Waals surface area contributed by atoms with Gasteiger partial charge in [0.15, 0.2) is 0 Å². The van der Waals surface area contributed by atoms with Crippen LogP contribution in [0.5, 0.6) is 5.75 Å². The third-order valence-electron chi connectivity index (χ3n) is 5.32. The Balaban J connectivity index is 2.93. The van der Waals surface area contributed by atoms with Gasteiger partial charge < -0.3 is 9.47 Å².